The molecule has 220 valence electrons. The third-order valence-corrected chi connectivity index (χ3v) is 8.65. The Morgan fingerprint density at radius 1 is 1.14 bits per heavy atom. The topological polar surface area (TPSA) is 89.7 Å². The first kappa shape index (κ1) is 28.6. The molecule has 8 nitrogen and oxygen atoms in total. The number of carboxylic acid groups (broad SMARTS) is 1. The summed E-state index contributed by atoms with van der Waals surface area (Å²) in [6.45, 7) is 5.45. The van der Waals surface area contributed by atoms with Crippen molar-refractivity contribution in [3.8, 4) is 5.88 Å². The van der Waals surface area contributed by atoms with Gasteiger partial charge in [0.15, 0.2) is 0 Å². The van der Waals surface area contributed by atoms with Crippen molar-refractivity contribution >= 4 is 28.6 Å². The molecule has 2 aliphatic heterocycles. The van der Waals surface area contributed by atoms with Crippen molar-refractivity contribution in [1.82, 2.24) is 19.4 Å². The number of hydrogen-bond acceptors (Lipinski definition) is 6. The van der Waals surface area contributed by atoms with E-state index in [1.165, 1.54) is 6.07 Å². The number of carbonyl (C=O) groups is 1. The van der Waals surface area contributed by atoms with E-state index in [-0.39, 0.29) is 30.2 Å². The fraction of sp³-hybridized carbons (Fsp3) is 0.406. The number of nitrogens with zero attached hydrogens (tertiary/aromatic N) is 4. The Morgan fingerprint density at radius 3 is 2.64 bits per heavy atom. The molecule has 0 radical (unpaired) electrons. The SMILES string of the molecule is CCC(c1nc2ccc(C(=O)O)cc2n1C[C@@H]1CCO1)N1CCC(c2cccc(OCc3ccc(Cl)cc3F)n2)CC1. The summed E-state index contributed by atoms with van der Waals surface area (Å²) < 4.78 is 27.9. The van der Waals surface area contributed by atoms with Gasteiger partial charge < -0.3 is 19.1 Å². The minimum Gasteiger partial charge on any atom is -0.478 e. The summed E-state index contributed by atoms with van der Waals surface area (Å²) in [5, 5.41) is 9.94. The van der Waals surface area contributed by atoms with Crippen molar-refractivity contribution in [3.63, 3.8) is 0 Å². The van der Waals surface area contributed by atoms with Crippen molar-refractivity contribution in [2.24, 2.45) is 0 Å². The lowest BCUT2D eigenvalue weighted by Crippen LogP contribution is -2.38. The molecular formula is C32H34ClFN4O4. The van der Waals surface area contributed by atoms with E-state index in [2.05, 4.69) is 16.4 Å². The second kappa shape index (κ2) is 12.4. The molecule has 2 aromatic carbocycles. The number of piperidine rings is 1. The van der Waals surface area contributed by atoms with Crippen LogP contribution in [0.4, 0.5) is 4.39 Å². The van der Waals surface area contributed by atoms with Gasteiger partial charge in [-0.15, -0.1) is 0 Å². The highest BCUT2D eigenvalue weighted by Gasteiger charge is 2.31. The average molecular weight is 593 g/mol. The molecule has 0 spiro atoms. The van der Waals surface area contributed by atoms with Crippen LogP contribution in [0.15, 0.2) is 54.6 Å². The maximum atomic E-state index is 14.2. The molecule has 0 saturated carbocycles. The molecule has 1 unspecified atom stereocenters. The summed E-state index contributed by atoms with van der Waals surface area (Å²) in [6, 6.07) is 15.6. The number of benzene rings is 2. The Morgan fingerprint density at radius 2 is 1.95 bits per heavy atom. The molecule has 2 saturated heterocycles. The second-order valence-corrected chi connectivity index (χ2v) is 11.5. The van der Waals surface area contributed by atoms with E-state index in [1.807, 2.05) is 12.1 Å². The van der Waals surface area contributed by atoms with E-state index in [4.69, 9.17) is 31.0 Å². The van der Waals surface area contributed by atoms with Gasteiger partial charge in [-0.25, -0.2) is 19.2 Å². The number of imidazole rings is 1. The van der Waals surface area contributed by atoms with Crippen LogP contribution in [0.5, 0.6) is 5.88 Å². The van der Waals surface area contributed by atoms with Crippen LogP contribution in [0.1, 0.15) is 72.0 Å². The lowest BCUT2D eigenvalue weighted by molar-refractivity contribution is -0.0595. The first-order valence-corrected chi connectivity index (χ1v) is 14.9. The molecule has 4 heterocycles. The molecule has 10 heteroatoms. The van der Waals surface area contributed by atoms with Crippen molar-refractivity contribution < 1.29 is 23.8 Å². The van der Waals surface area contributed by atoms with Crippen molar-refractivity contribution in [2.45, 2.75) is 63.8 Å². The fourth-order valence-electron chi connectivity index (χ4n) is 5.99. The first-order valence-electron chi connectivity index (χ1n) is 14.5. The number of aromatic nitrogens is 3. The van der Waals surface area contributed by atoms with Gasteiger partial charge in [0.05, 0.1) is 35.3 Å². The summed E-state index contributed by atoms with van der Waals surface area (Å²) >= 11 is 5.86. The Kier molecular flexibility index (Phi) is 8.42. The molecular weight excluding hydrogens is 559 g/mol. The molecule has 6 rings (SSSR count). The lowest BCUT2D eigenvalue weighted by atomic mass is 9.92. The van der Waals surface area contributed by atoms with Crippen LogP contribution in [-0.2, 0) is 17.9 Å². The van der Waals surface area contributed by atoms with Crippen LogP contribution >= 0.6 is 11.6 Å². The minimum absolute atomic E-state index is 0.0803. The highest BCUT2D eigenvalue weighted by molar-refractivity contribution is 6.30. The van der Waals surface area contributed by atoms with Gasteiger partial charge in [-0.05, 0) is 75.2 Å². The largest absolute Gasteiger partial charge is 0.478 e. The number of pyridine rings is 1. The van der Waals surface area contributed by atoms with Crippen LogP contribution in [-0.4, -0.2) is 56.3 Å². The number of carboxylic acids is 1. The predicted octanol–water partition coefficient (Wildman–Crippen LogP) is 6.62. The number of likely N-dealkylation sites (tertiary alicyclic amines) is 1. The summed E-state index contributed by atoms with van der Waals surface area (Å²) in [5.74, 6) is 0.387. The Labute approximate surface area is 249 Å². The van der Waals surface area contributed by atoms with E-state index in [1.54, 1.807) is 36.4 Å². The Balaban J connectivity index is 1.16. The van der Waals surface area contributed by atoms with Crippen LogP contribution in [0.25, 0.3) is 11.0 Å². The highest BCUT2D eigenvalue weighted by Crippen LogP contribution is 2.35. The van der Waals surface area contributed by atoms with Crippen LogP contribution in [0, 0.1) is 5.82 Å². The van der Waals surface area contributed by atoms with Gasteiger partial charge in [0.25, 0.3) is 0 Å². The lowest BCUT2D eigenvalue weighted by Gasteiger charge is -2.37. The van der Waals surface area contributed by atoms with Crippen LogP contribution in [0.3, 0.4) is 0 Å². The Hall–Kier alpha value is -3.53. The van der Waals surface area contributed by atoms with Gasteiger partial charge in [-0.2, -0.15) is 0 Å². The summed E-state index contributed by atoms with van der Waals surface area (Å²) in [6.07, 6.45) is 3.87. The van der Waals surface area contributed by atoms with E-state index in [0.29, 0.717) is 23.0 Å². The van der Waals surface area contributed by atoms with E-state index in [0.717, 1.165) is 67.9 Å². The third-order valence-electron chi connectivity index (χ3n) is 8.41. The molecule has 2 fully saturated rings. The van der Waals surface area contributed by atoms with Gasteiger partial charge in [-0.3, -0.25) is 4.90 Å². The van der Waals surface area contributed by atoms with Crippen molar-refractivity contribution in [2.75, 3.05) is 19.7 Å². The van der Waals surface area contributed by atoms with E-state index < -0.39 is 11.8 Å². The number of aromatic carboxylic acids is 1. The smallest absolute Gasteiger partial charge is 0.335 e. The monoisotopic (exact) mass is 592 g/mol. The third kappa shape index (κ3) is 6.00. The quantitative estimate of drug-likeness (QED) is 0.221. The van der Waals surface area contributed by atoms with Crippen molar-refractivity contribution in [1.29, 1.82) is 0 Å². The van der Waals surface area contributed by atoms with Gasteiger partial charge in [0.1, 0.15) is 18.2 Å². The molecule has 2 aliphatic rings. The molecule has 42 heavy (non-hydrogen) atoms. The van der Waals surface area contributed by atoms with Crippen LogP contribution in [0.2, 0.25) is 5.02 Å². The highest BCUT2D eigenvalue weighted by atomic mass is 35.5. The number of halogens is 2. The molecule has 2 atom stereocenters. The number of ether oxygens (including phenoxy) is 2. The van der Waals surface area contributed by atoms with E-state index in [9.17, 15) is 14.3 Å². The van der Waals surface area contributed by atoms with Gasteiger partial charge in [-0.1, -0.05) is 30.7 Å². The summed E-state index contributed by atoms with van der Waals surface area (Å²) in [7, 11) is 0. The maximum Gasteiger partial charge on any atom is 0.335 e. The van der Waals surface area contributed by atoms with Crippen LogP contribution < -0.4 is 4.74 Å². The maximum absolute atomic E-state index is 14.2. The first-order chi connectivity index (χ1) is 20.4. The second-order valence-electron chi connectivity index (χ2n) is 11.0. The minimum atomic E-state index is -0.944. The molecule has 0 amide bonds. The van der Waals surface area contributed by atoms with Crippen molar-refractivity contribution in [3.05, 3.63) is 88.1 Å². The molecule has 2 aromatic heterocycles. The summed E-state index contributed by atoms with van der Waals surface area (Å²) in [5.41, 5.74) is 3.32. The predicted molar refractivity (Wildman–Crippen MR) is 158 cm³/mol. The molecule has 0 aliphatic carbocycles. The van der Waals surface area contributed by atoms with Gasteiger partial charge in [0.2, 0.25) is 5.88 Å². The normalized spacial score (nSPS) is 18.6. The number of hydrogen-bond donors (Lipinski definition) is 1. The zero-order valence-electron chi connectivity index (χ0n) is 23.5. The van der Waals surface area contributed by atoms with E-state index >= 15 is 0 Å². The number of rotatable bonds is 10. The summed E-state index contributed by atoms with van der Waals surface area (Å²) in [4.78, 5) is 24.0. The average Bonchev–Trinajstić information content (AvgIpc) is 3.32. The molecule has 4 aromatic rings. The molecule has 0 bridgehead atoms. The zero-order valence-corrected chi connectivity index (χ0v) is 24.3. The van der Waals surface area contributed by atoms with Gasteiger partial charge >= 0.3 is 5.97 Å². The zero-order chi connectivity index (χ0) is 29.2. The fourth-order valence-corrected chi connectivity index (χ4v) is 6.15. The number of fused-ring (bicyclic) bond motifs is 1. The standard InChI is InChI=1S/C32H34ClFN4O4/c1-2-28(31-36-27-9-7-21(32(39)40)16-29(27)38(31)18-24-12-15-41-24)37-13-10-20(11-14-37)26-4-3-5-30(35-26)42-19-22-6-8-23(33)17-25(22)34/h3-9,16-17,20,24,28H,2,10-15,18-19H2,1H3,(H,39,40)/t24-,28?/m0/s1. The Bertz CT molecular complexity index is 1580. The van der Waals surface area contributed by atoms with Gasteiger partial charge in [0, 0.05) is 34.9 Å². The molecule has 1 N–H and O–H groups in total.